The topological polar surface area (TPSA) is 49.8 Å². The van der Waals surface area contributed by atoms with Gasteiger partial charge in [-0.25, -0.2) is 0 Å². The zero-order valence-electron chi connectivity index (χ0n) is 10.9. The number of amides is 1. The Hall–Kier alpha value is -1.52. The van der Waals surface area contributed by atoms with Crippen LogP contribution in [0, 0.1) is 0 Å². The molecule has 0 bridgehead atoms. The lowest BCUT2D eigenvalue weighted by atomic mass is 10.1. The summed E-state index contributed by atoms with van der Waals surface area (Å²) in [5, 5.41) is 9.51. The maximum atomic E-state index is 12.1. The zero-order chi connectivity index (χ0) is 14.3. The zero-order valence-corrected chi connectivity index (χ0v) is 11.7. The molecule has 0 spiro atoms. The second-order valence-electron chi connectivity index (χ2n) is 3.98. The number of halogens is 1. The highest BCUT2D eigenvalue weighted by molar-refractivity contribution is 6.30. The Kier molecular flexibility index (Phi) is 6.39. The van der Waals surface area contributed by atoms with E-state index < -0.39 is 0 Å². The van der Waals surface area contributed by atoms with E-state index in [2.05, 4.69) is 6.58 Å². The summed E-state index contributed by atoms with van der Waals surface area (Å²) in [5.41, 5.74) is 0.729. The van der Waals surface area contributed by atoms with Gasteiger partial charge in [0.15, 0.2) is 0 Å². The fourth-order valence-corrected chi connectivity index (χ4v) is 1.95. The lowest BCUT2D eigenvalue weighted by molar-refractivity contribution is -0.130. The Labute approximate surface area is 118 Å². The number of aliphatic hydroxyl groups is 1. The van der Waals surface area contributed by atoms with E-state index in [4.69, 9.17) is 21.4 Å². The molecule has 19 heavy (non-hydrogen) atoms. The molecule has 1 aromatic rings. The molecule has 5 heteroatoms. The fraction of sp³-hybridized carbons (Fsp3) is 0.357. The number of carbonyl (C=O) groups excluding carboxylic acids is 1. The van der Waals surface area contributed by atoms with E-state index >= 15 is 0 Å². The van der Waals surface area contributed by atoms with E-state index in [9.17, 15) is 4.79 Å². The Morgan fingerprint density at radius 2 is 2.32 bits per heavy atom. The number of carbonyl (C=O) groups is 1. The molecule has 0 atom stereocenters. The summed E-state index contributed by atoms with van der Waals surface area (Å²) in [6, 6.07) is 5.15. The predicted molar refractivity (Wildman–Crippen MR) is 75.6 cm³/mol. The summed E-state index contributed by atoms with van der Waals surface area (Å²) in [7, 11) is 1.55. The molecule has 104 valence electrons. The lowest BCUT2D eigenvalue weighted by Gasteiger charge is -2.20. The van der Waals surface area contributed by atoms with Gasteiger partial charge in [-0.1, -0.05) is 17.7 Å². The highest BCUT2D eigenvalue weighted by atomic mass is 35.5. The van der Waals surface area contributed by atoms with Crippen LogP contribution >= 0.6 is 11.6 Å². The molecular weight excluding hydrogens is 266 g/mol. The number of nitrogens with zero attached hydrogens (tertiary/aromatic N) is 1. The molecule has 1 N–H and O–H groups in total. The first kappa shape index (κ1) is 15.5. The van der Waals surface area contributed by atoms with Crippen LogP contribution in [-0.4, -0.2) is 42.7 Å². The van der Waals surface area contributed by atoms with Crippen molar-refractivity contribution in [2.24, 2.45) is 0 Å². The number of hydrogen-bond donors (Lipinski definition) is 1. The van der Waals surface area contributed by atoms with Crippen LogP contribution in [0.25, 0.3) is 0 Å². The van der Waals surface area contributed by atoms with Gasteiger partial charge in [0.2, 0.25) is 5.91 Å². The number of rotatable bonds is 7. The number of hydrogen-bond acceptors (Lipinski definition) is 3. The molecule has 4 nitrogen and oxygen atoms in total. The molecule has 1 rings (SSSR count). The molecule has 0 unspecified atom stereocenters. The van der Waals surface area contributed by atoms with Crippen LogP contribution in [0.3, 0.4) is 0 Å². The van der Waals surface area contributed by atoms with Crippen LogP contribution in [0.4, 0.5) is 0 Å². The SMILES string of the molecule is C=CCN(CCO)C(=O)Cc1cc(Cl)ccc1OC. The molecule has 0 heterocycles. The van der Waals surface area contributed by atoms with Crippen molar-refractivity contribution in [3.8, 4) is 5.75 Å². The first-order valence-electron chi connectivity index (χ1n) is 5.94. The van der Waals surface area contributed by atoms with E-state index in [1.165, 1.54) is 4.90 Å². The second-order valence-corrected chi connectivity index (χ2v) is 4.42. The molecule has 0 saturated heterocycles. The molecule has 0 aromatic heterocycles. The van der Waals surface area contributed by atoms with Crippen molar-refractivity contribution in [3.05, 3.63) is 41.4 Å². The quantitative estimate of drug-likeness (QED) is 0.778. The summed E-state index contributed by atoms with van der Waals surface area (Å²) in [6.45, 7) is 4.21. The highest BCUT2D eigenvalue weighted by Crippen LogP contribution is 2.23. The van der Waals surface area contributed by atoms with Gasteiger partial charge in [-0.15, -0.1) is 6.58 Å². The molecule has 0 fully saturated rings. The monoisotopic (exact) mass is 283 g/mol. The standard InChI is InChI=1S/C14H18ClNO3/c1-3-6-16(7-8-17)14(18)10-11-9-12(15)4-5-13(11)19-2/h3-5,9,17H,1,6-8,10H2,2H3. The number of aliphatic hydroxyl groups excluding tert-OH is 1. The molecular formula is C14H18ClNO3. The third kappa shape index (κ3) is 4.58. The minimum absolute atomic E-state index is 0.0771. The van der Waals surface area contributed by atoms with Gasteiger partial charge < -0.3 is 14.7 Å². The summed E-state index contributed by atoms with van der Waals surface area (Å²) < 4.78 is 5.20. The molecule has 0 aliphatic heterocycles. The molecule has 0 saturated carbocycles. The van der Waals surface area contributed by atoms with E-state index in [0.29, 0.717) is 17.3 Å². The lowest BCUT2D eigenvalue weighted by Crippen LogP contribution is -2.34. The Morgan fingerprint density at radius 1 is 1.58 bits per heavy atom. The van der Waals surface area contributed by atoms with E-state index in [0.717, 1.165) is 5.56 Å². The van der Waals surface area contributed by atoms with Crippen molar-refractivity contribution in [1.29, 1.82) is 0 Å². The molecule has 0 radical (unpaired) electrons. The summed E-state index contributed by atoms with van der Waals surface area (Å²) in [5.74, 6) is 0.523. The maximum absolute atomic E-state index is 12.1. The van der Waals surface area contributed by atoms with Gasteiger partial charge in [-0.2, -0.15) is 0 Å². The first-order chi connectivity index (χ1) is 9.12. The normalized spacial score (nSPS) is 10.1. The van der Waals surface area contributed by atoms with Gasteiger partial charge in [-0.05, 0) is 18.2 Å². The van der Waals surface area contributed by atoms with Crippen molar-refractivity contribution >= 4 is 17.5 Å². The van der Waals surface area contributed by atoms with Crippen LogP contribution in [-0.2, 0) is 11.2 Å². The van der Waals surface area contributed by atoms with Crippen molar-refractivity contribution in [2.75, 3.05) is 26.8 Å². The van der Waals surface area contributed by atoms with Gasteiger partial charge in [0.1, 0.15) is 5.75 Å². The Morgan fingerprint density at radius 3 is 2.89 bits per heavy atom. The van der Waals surface area contributed by atoms with Crippen LogP contribution in [0.2, 0.25) is 5.02 Å². The van der Waals surface area contributed by atoms with Crippen LogP contribution in [0.15, 0.2) is 30.9 Å². The average molecular weight is 284 g/mol. The Bertz CT molecular complexity index is 448. The van der Waals surface area contributed by atoms with Crippen molar-refractivity contribution in [2.45, 2.75) is 6.42 Å². The third-order valence-electron chi connectivity index (χ3n) is 2.66. The molecule has 1 aromatic carbocycles. The first-order valence-corrected chi connectivity index (χ1v) is 6.32. The summed E-state index contributed by atoms with van der Waals surface area (Å²) in [4.78, 5) is 13.7. The number of ether oxygens (including phenoxy) is 1. The second kappa shape index (κ2) is 7.81. The number of benzene rings is 1. The molecule has 0 aliphatic rings. The van der Waals surface area contributed by atoms with E-state index in [1.807, 2.05) is 0 Å². The van der Waals surface area contributed by atoms with Crippen molar-refractivity contribution < 1.29 is 14.6 Å². The fourth-order valence-electron chi connectivity index (χ4n) is 1.75. The third-order valence-corrected chi connectivity index (χ3v) is 2.89. The van der Waals surface area contributed by atoms with Gasteiger partial charge in [0.25, 0.3) is 0 Å². The molecule has 1 amide bonds. The van der Waals surface area contributed by atoms with Gasteiger partial charge in [-0.3, -0.25) is 4.79 Å². The van der Waals surface area contributed by atoms with Crippen LogP contribution in [0.1, 0.15) is 5.56 Å². The van der Waals surface area contributed by atoms with E-state index in [1.54, 1.807) is 31.4 Å². The van der Waals surface area contributed by atoms with E-state index in [-0.39, 0.29) is 25.5 Å². The van der Waals surface area contributed by atoms with Crippen LogP contribution < -0.4 is 4.74 Å². The van der Waals surface area contributed by atoms with Crippen molar-refractivity contribution in [1.82, 2.24) is 4.90 Å². The van der Waals surface area contributed by atoms with Gasteiger partial charge in [0.05, 0.1) is 20.1 Å². The summed E-state index contributed by atoms with van der Waals surface area (Å²) in [6.07, 6.45) is 1.81. The summed E-state index contributed by atoms with van der Waals surface area (Å²) >= 11 is 5.92. The molecule has 0 aliphatic carbocycles. The van der Waals surface area contributed by atoms with Crippen LogP contribution in [0.5, 0.6) is 5.75 Å². The minimum atomic E-state index is -0.102. The Balaban J connectivity index is 2.84. The number of methoxy groups -OCH3 is 1. The van der Waals surface area contributed by atoms with Gasteiger partial charge in [0, 0.05) is 23.7 Å². The average Bonchev–Trinajstić information content (AvgIpc) is 2.38. The van der Waals surface area contributed by atoms with Crippen molar-refractivity contribution in [3.63, 3.8) is 0 Å². The smallest absolute Gasteiger partial charge is 0.227 e. The predicted octanol–water partition coefficient (Wildman–Crippen LogP) is 1.90. The van der Waals surface area contributed by atoms with Gasteiger partial charge >= 0.3 is 0 Å². The minimum Gasteiger partial charge on any atom is -0.496 e. The largest absolute Gasteiger partial charge is 0.496 e. The maximum Gasteiger partial charge on any atom is 0.227 e. The highest BCUT2D eigenvalue weighted by Gasteiger charge is 2.15.